The molecule has 0 aromatic heterocycles. The predicted molar refractivity (Wildman–Crippen MR) is 176 cm³/mol. The third kappa shape index (κ3) is 9.03. The molecule has 2 N–H and O–H groups in total. The molecule has 10 nitrogen and oxygen atoms in total. The lowest BCUT2D eigenvalue weighted by atomic mass is 9.76. The fourth-order valence-corrected chi connectivity index (χ4v) is 6.20. The summed E-state index contributed by atoms with van der Waals surface area (Å²) in [5, 5.41) is 6.29. The van der Waals surface area contributed by atoms with Crippen LogP contribution in [0.4, 0.5) is 0 Å². The van der Waals surface area contributed by atoms with Gasteiger partial charge >= 0.3 is 0 Å². The highest BCUT2D eigenvalue weighted by Gasteiger charge is 2.42. The quantitative estimate of drug-likeness (QED) is 0.354. The highest BCUT2D eigenvalue weighted by atomic mass is 16.2. The first-order valence-corrected chi connectivity index (χ1v) is 15.8. The zero-order chi connectivity index (χ0) is 33.6. The Morgan fingerprint density at radius 3 is 2.05 bits per heavy atom. The minimum absolute atomic E-state index is 0.0492. The summed E-state index contributed by atoms with van der Waals surface area (Å²) in [6.07, 6.45) is 1.48. The summed E-state index contributed by atoms with van der Waals surface area (Å²) in [6, 6.07) is 7.93. The Bertz CT molecular complexity index is 1130. The number of carbonyl (C=O) groups excluding carboxylic acids is 4. The Hall–Kier alpha value is -2.98. The maximum atomic E-state index is 14.2. The summed E-state index contributed by atoms with van der Waals surface area (Å²) >= 11 is 0. The number of nitrogens with one attached hydrogen (secondary N) is 2. The van der Waals surface area contributed by atoms with Crippen molar-refractivity contribution in [3.05, 3.63) is 35.9 Å². The fraction of sp³-hybridized carbons (Fsp3) is 0.706. The molecule has 0 saturated carbocycles. The molecule has 1 saturated heterocycles. The van der Waals surface area contributed by atoms with Gasteiger partial charge in [-0.15, -0.1) is 0 Å². The molecule has 1 heterocycles. The fourth-order valence-electron chi connectivity index (χ4n) is 6.20. The summed E-state index contributed by atoms with van der Waals surface area (Å²) in [4.78, 5) is 60.7. The topological polar surface area (TPSA) is 105 Å². The van der Waals surface area contributed by atoms with E-state index < -0.39 is 29.0 Å². The maximum absolute atomic E-state index is 14.2. The van der Waals surface area contributed by atoms with E-state index >= 15 is 0 Å². The summed E-state index contributed by atoms with van der Waals surface area (Å²) < 4.78 is 0. The van der Waals surface area contributed by atoms with Gasteiger partial charge in [0.1, 0.15) is 12.1 Å². The minimum Gasteiger partial charge on any atom is -0.347 e. The van der Waals surface area contributed by atoms with Crippen LogP contribution in [-0.4, -0.2) is 122 Å². The second-order valence-electron chi connectivity index (χ2n) is 14.6. The molecule has 10 heteroatoms. The first kappa shape index (κ1) is 37.2. The molecule has 248 valence electrons. The van der Waals surface area contributed by atoms with Crippen LogP contribution in [0.25, 0.3) is 0 Å². The normalized spacial score (nSPS) is 17.8. The molecule has 0 spiro atoms. The van der Waals surface area contributed by atoms with E-state index in [0.29, 0.717) is 19.5 Å². The molecule has 0 bridgehead atoms. The smallest absolute Gasteiger partial charge is 0.245 e. The highest BCUT2D eigenvalue weighted by Crippen LogP contribution is 2.29. The van der Waals surface area contributed by atoms with Gasteiger partial charge in [0.25, 0.3) is 0 Å². The number of rotatable bonds is 13. The average Bonchev–Trinajstić information content (AvgIpc) is 3.43. The lowest BCUT2D eigenvalue weighted by Crippen LogP contribution is -2.62. The second kappa shape index (κ2) is 15.3. The van der Waals surface area contributed by atoms with Crippen LogP contribution in [0.1, 0.15) is 66.9 Å². The van der Waals surface area contributed by atoms with Crippen molar-refractivity contribution in [1.82, 2.24) is 30.2 Å². The van der Waals surface area contributed by atoms with Crippen molar-refractivity contribution >= 4 is 23.6 Å². The Morgan fingerprint density at radius 1 is 0.955 bits per heavy atom. The molecular weight excluding hydrogens is 556 g/mol. The van der Waals surface area contributed by atoms with Gasteiger partial charge in [0, 0.05) is 45.7 Å². The summed E-state index contributed by atoms with van der Waals surface area (Å²) in [6.45, 7) is 15.2. The van der Waals surface area contributed by atoms with Gasteiger partial charge in [-0.25, -0.2) is 0 Å². The molecule has 2 rings (SSSR count). The van der Waals surface area contributed by atoms with Crippen LogP contribution in [0.15, 0.2) is 30.3 Å². The van der Waals surface area contributed by atoms with E-state index in [2.05, 4.69) is 24.5 Å². The van der Waals surface area contributed by atoms with Crippen molar-refractivity contribution < 1.29 is 19.2 Å². The van der Waals surface area contributed by atoms with E-state index in [0.717, 1.165) is 12.0 Å². The Balaban J connectivity index is 2.20. The second-order valence-corrected chi connectivity index (χ2v) is 14.6. The molecule has 0 radical (unpaired) electrons. The van der Waals surface area contributed by atoms with Gasteiger partial charge in [0.05, 0.1) is 12.6 Å². The standard InChI is InChI=1S/C34H58N6O4/c1-23(2)26(21-38(11)22-27(41)40-20-16-19-25(40)31(43)37(9)10)39(12)32(44)29(33(3,4)5)36-30(42)28(35-8)34(6,7)24-17-14-13-15-18-24/h13-15,17-18,23,25-26,28-29,35H,16,19-22H2,1-12H3,(H,36,42). The van der Waals surface area contributed by atoms with Gasteiger partial charge in [-0.3, -0.25) is 24.1 Å². The molecule has 4 amide bonds. The van der Waals surface area contributed by atoms with Gasteiger partial charge in [-0.2, -0.15) is 0 Å². The SMILES string of the molecule is CNC(C(=O)NC(C(=O)N(C)C(CN(C)CC(=O)N1CCCC1C(=O)N(C)C)C(C)C)C(C)(C)C)C(C)(C)c1ccccc1. The molecule has 1 aliphatic rings. The zero-order valence-electron chi connectivity index (χ0n) is 29.2. The van der Waals surface area contributed by atoms with Gasteiger partial charge in [0.15, 0.2) is 0 Å². The third-order valence-corrected chi connectivity index (χ3v) is 9.01. The van der Waals surface area contributed by atoms with Crippen molar-refractivity contribution in [2.45, 2.75) is 90.9 Å². The number of carbonyl (C=O) groups is 4. The molecule has 4 unspecified atom stereocenters. The predicted octanol–water partition coefficient (Wildman–Crippen LogP) is 2.58. The summed E-state index contributed by atoms with van der Waals surface area (Å²) in [7, 11) is 8.85. The Labute approximate surface area is 265 Å². The van der Waals surface area contributed by atoms with E-state index in [1.807, 2.05) is 76.9 Å². The number of amides is 4. The van der Waals surface area contributed by atoms with Crippen molar-refractivity contribution in [3.8, 4) is 0 Å². The van der Waals surface area contributed by atoms with Crippen molar-refractivity contribution in [2.24, 2.45) is 11.3 Å². The van der Waals surface area contributed by atoms with E-state index in [4.69, 9.17) is 0 Å². The van der Waals surface area contributed by atoms with Crippen LogP contribution >= 0.6 is 0 Å². The lowest BCUT2D eigenvalue weighted by molar-refractivity contribution is -0.143. The van der Waals surface area contributed by atoms with Gasteiger partial charge < -0.3 is 25.3 Å². The van der Waals surface area contributed by atoms with Crippen molar-refractivity contribution in [2.75, 3.05) is 54.9 Å². The average molecular weight is 615 g/mol. The largest absolute Gasteiger partial charge is 0.347 e. The molecular formula is C34H58N6O4. The molecule has 1 aliphatic heterocycles. The first-order chi connectivity index (χ1) is 20.3. The third-order valence-electron chi connectivity index (χ3n) is 9.01. The number of hydrogen-bond donors (Lipinski definition) is 2. The molecule has 1 aromatic rings. The van der Waals surface area contributed by atoms with E-state index in [1.165, 1.54) is 0 Å². The van der Waals surface area contributed by atoms with E-state index in [1.54, 1.807) is 42.9 Å². The molecule has 1 aromatic carbocycles. The monoisotopic (exact) mass is 614 g/mol. The lowest BCUT2D eigenvalue weighted by Gasteiger charge is -2.41. The summed E-state index contributed by atoms with van der Waals surface area (Å²) in [5.41, 5.74) is -0.0591. The Morgan fingerprint density at radius 2 is 1.55 bits per heavy atom. The van der Waals surface area contributed by atoms with Crippen LogP contribution in [-0.2, 0) is 24.6 Å². The molecule has 1 fully saturated rings. The van der Waals surface area contributed by atoms with Crippen molar-refractivity contribution in [1.29, 1.82) is 0 Å². The van der Waals surface area contributed by atoms with Crippen LogP contribution < -0.4 is 10.6 Å². The first-order valence-electron chi connectivity index (χ1n) is 15.8. The van der Waals surface area contributed by atoms with E-state index in [-0.39, 0.29) is 42.1 Å². The van der Waals surface area contributed by atoms with Gasteiger partial charge in [0.2, 0.25) is 23.6 Å². The zero-order valence-corrected chi connectivity index (χ0v) is 29.2. The van der Waals surface area contributed by atoms with Crippen LogP contribution in [0.2, 0.25) is 0 Å². The number of likely N-dealkylation sites (tertiary alicyclic amines) is 1. The van der Waals surface area contributed by atoms with Crippen LogP contribution in [0.5, 0.6) is 0 Å². The summed E-state index contributed by atoms with van der Waals surface area (Å²) in [5.74, 6) is -0.450. The van der Waals surface area contributed by atoms with Crippen LogP contribution in [0, 0.1) is 11.3 Å². The van der Waals surface area contributed by atoms with Crippen molar-refractivity contribution in [3.63, 3.8) is 0 Å². The van der Waals surface area contributed by atoms with Gasteiger partial charge in [-0.05, 0) is 43.8 Å². The number of benzene rings is 1. The molecule has 44 heavy (non-hydrogen) atoms. The Kier molecular flexibility index (Phi) is 13.0. The maximum Gasteiger partial charge on any atom is 0.245 e. The number of likely N-dealkylation sites (N-methyl/N-ethyl adjacent to an activating group) is 4. The highest BCUT2D eigenvalue weighted by molar-refractivity contribution is 5.91. The minimum atomic E-state index is -0.766. The molecule has 4 atom stereocenters. The molecule has 0 aliphatic carbocycles. The van der Waals surface area contributed by atoms with Gasteiger partial charge in [-0.1, -0.05) is 78.8 Å². The number of hydrogen-bond acceptors (Lipinski definition) is 6. The van der Waals surface area contributed by atoms with Crippen LogP contribution in [0.3, 0.4) is 0 Å². The number of nitrogens with zero attached hydrogens (tertiary/aromatic N) is 4. The van der Waals surface area contributed by atoms with E-state index in [9.17, 15) is 19.2 Å².